The zero-order valence-corrected chi connectivity index (χ0v) is 8.19. The molecular weight excluding hydrogens is 176 g/mol. The number of ether oxygens (including phenoxy) is 2. The second-order valence-corrected chi connectivity index (χ2v) is 2.58. The fourth-order valence-electron chi connectivity index (χ4n) is 0.870. The molecular formula is C12H20O2. The molecule has 0 amide bonds. The van der Waals surface area contributed by atoms with Gasteiger partial charge < -0.3 is 9.47 Å². The van der Waals surface area contributed by atoms with Gasteiger partial charge in [0.25, 0.3) is 0 Å². The first-order valence-corrected chi connectivity index (χ1v) is 4.74. The van der Waals surface area contributed by atoms with Crippen LogP contribution in [0.4, 0.5) is 0 Å². The maximum absolute atomic E-state index is 5.40. The van der Waals surface area contributed by atoms with E-state index in [0.717, 1.165) is 12.4 Å². The molecule has 0 spiro atoms. The van der Waals surface area contributed by atoms with Crippen LogP contribution in [0.1, 0.15) is 21.3 Å². The predicted molar refractivity (Wildman–Crippen MR) is 59.8 cm³/mol. The predicted octanol–water partition coefficient (Wildman–Crippen LogP) is 3.13. The summed E-state index contributed by atoms with van der Waals surface area (Å²) in [6.07, 6.45) is 0.343. The highest BCUT2D eigenvalue weighted by molar-refractivity contribution is 5.20. The Morgan fingerprint density at radius 1 is 1.29 bits per heavy atom. The Hall–Kier alpha value is -1.02. The van der Waals surface area contributed by atoms with Crippen LogP contribution in [0.2, 0.25) is 0 Å². The molecule has 1 aromatic rings. The number of benzene rings is 1. The van der Waals surface area contributed by atoms with Crippen LogP contribution in [0.5, 0.6) is 5.75 Å². The van der Waals surface area contributed by atoms with Crippen LogP contribution < -0.4 is 4.74 Å². The summed E-state index contributed by atoms with van der Waals surface area (Å²) in [5.74, 6) is 0.919. The lowest BCUT2D eigenvalue weighted by molar-refractivity contribution is 0.263. The SMILES string of the molecule is C.CC.c1ccc(OCC2CO2)cc1. The fraction of sp³-hybridized carbons (Fsp3) is 0.500. The van der Waals surface area contributed by atoms with Gasteiger partial charge in [0.1, 0.15) is 18.5 Å². The Kier molecular flexibility index (Phi) is 6.85. The summed E-state index contributed by atoms with van der Waals surface area (Å²) in [7, 11) is 0. The summed E-state index contributed by atoms with van der Waals surface area (Å²) in [5, 5.41) is 0. The first kappa shape index (κ1) is 13.0. The Morgan fingerprint density at radius 3 is 2.36 bits per heavy atom. The molecule has 80 valence electrons. The second kappa shape index (κ2) is 7.39. The average molecular weight is 196 g/mol. The van der Waals surface area contributed by atoms with Crippen molar-refractivity contribution in [1.29, 1.82) is 0 Å². The highest BCUT2D eigenvalue weighted by Gasteiger charge is 2.22. The van der Waals surface area contributed by atoms with E-state index in [1.54, 1.807) is 0 Å². The van der Waals surface area contributed by atoms with E-state index in [0.29, 0.717) is 12.7 Å². The van der Waals surface area contributed by atoms with Crippen LogP contribution in [-0.4, -0.2) is 19.3 Å². The van der Waals surface area contributed by atoms with Crippen molar-refractivity contribution in [2.75, 3.05) is 13.2 Å². The van der Waals surface area contributed by atoms with E-state index in [4.69, 9.17) is 9.47 Å². The zero-order valence-electron chi connectivity index (χ0n) is 8.19. The van der Waals surface area contributed by atoms with Gasteiger partial charge in [-0.1, -0.05) is 39.5 Å². The Balaban J connectivity index is 0.000000531. The van der Waals surface area contributed by atoms with Gasteiger partial charge in [-0.15, -0.1) is 0 Å². The third-order valence-electron chi connectivity index (χ3n) is 1.58. The minimum absolute atomic E-state index is 0. The minimum Gasteiger partial charge on any atom is -0.491 e. The maximum atomic E-state index is 5.40. The van der Waals surface area contributed by atoms with Gasteiger partial charge in [-0.3, -0.25) is 0 Å². The zero-order chi connectivity index (χ0) is 9.52. The van der Waals surface area contributed by atoms with Gasteiger partial charge >= 0.3 is 0 Å². The lowest BCUT2D eigenvalue weighted by atomic mass is 10.3. The van der Waals surface area contributed by atoms with E-state index in [1.807, 2.05) is 44.2 Å². The van der Waals surface area contributed by atoms with Gasteiger partial charge in [0.05, 0.1) is 6.61 Å². The Bertz CT molecular complexity index is 217. The van der Waals surface area contributed by atoms with Crippen LogP contribution in [-0.2, 0) is 4.74 Å². The molecule has 0 aliphatic carbocycles. The number of hydrogen-bond donors (Lipinski definition) is 0. The van der Waals surface area contributed by atoms with Crippen LogP contribution in [0.25, 0.3) is 0 Å². The van der Waals surface area contributed by atoms with Crippen LogP contribution in [0.15, 0.2) is 30.3 Å². The molecule has 1 aliphatic rings. The molecule has 0 saturated carbocycles. The smallest absolute Gasteiger partial charge is 0.119 e. The number of rotatable bonds is 3. The van der Waals surface area contributed by atoms with Gasteiger partial charge in [0.15, 0.2) is 0 Å². The third kappa shape index (κ3) is 4.87. The first-order valence-electron chi connectivity index (χ1n) is 4.74. The van der Waals surface area contributed by atoms with Gasteiger partial charge in [-0.25, -0.2) is 0 Å². The molecule has 0 N–H and O–H groups in total. The second-order valence-electron chi connectivity index (χ2n) is 2.58. The highest BCUT2D eigenvalue weighted by atomic mass is 16.6. The van der Waals surface area contributed by atoms with E-state index < -0.39 is 0 Å². The monoisotopic (exact) mass is 196 g/mol. The van der Waals surface area contributed by atoms with E-state index in [9.17, 15) is 0 Å². The normalized spacial score (nSPS) is 17.1. The molecule has 14 heavy (non-hydrogen) atoms. The summed E-state index contributed by atoms with van der Waals surface area (Å²) in [6.45, 7) is 5.54. The average Bonchev–Trinajstić information content (AvgIpc) is 3.03. The molecule has 1 saturated heterocycles. The van der Waals surface area contributed by atoms with Crippen molar-refractivity contribution in [3.63, 3.8) is 0 Å². The summed E-state index contributed by atoms with van der Waals surface area (Å²) in [4.78, 5) is 0. The molecule has 0 bridgehead atoms. The largest absolute Gasteiger partial charge is 0.491 e. The molecule has 2 heteroatoms. The van der Waals surface area contributed by atoms with E-state index in [1.165, 1.54) is 0 Å². The first-order chi connectivity index (χ1) is 6.45. The van der Waals surface area contributed by atoms with Gasteiger partial charge in [0.2, 0.25) is 0 Å². The summed E-state index contributed by atoms with van der Waals surface area (Å²) < 4.78 is 10.4. The summed E-state index contributed by atoms with van der Waals surface area (Å²) in [5.41, 5.74) is 0. The standard InChI is InChI=1S/C9H10O2.C2H6.CH4/c1-2-4-8(5-3-1)10-6-9-7-11-9;1-2;/h1-5,9H,6-7H2;1-2H3;1H4. The Morgan fingerprint density at radius 2 is 1.86 bits per heavy atom. The molecule has 1 atom stereocenters. The lowest BCUT2D eigenvalue weighted by Gasteiger charge is -2.01. The lowest BCUT2D eigenvalue weighted by Crippen LogP contribution is -2.03. The molecule has 1 unspecified atom stereocenters. The van der Waals surface area contributed by atoms with Crippen LogP contribution >= 0.6 is 0 Å². The summed E-state index contributed by atoms with van der Waals surface area (Å²) in [6, 6.07) is 9.79. The summed E-state index contributed by atoms with van der Waals surface area (Å²) >= 11 is 0. The minimum atomic E-state index is 0. The van der Waals surface area contributed by atoms with Crippen molar-refractivity contribution < 1.29 is 9.47 Å². The molecule has 1 aromatic carbocycles. The van der Waals surface area contributed by atoms with Gasteiger partial charge in [0, 0.05) is 0 Å². The molecule has 1 aliphatic heterocycles. The van der Waals surface area contributed by atoms with Crippen molar-refractivity contribution in [3.8, 4) is 5.75 Å². The van der Waals surface area contributed by atoms with Gasteiger partial charge in [-0.05, 0) is 12.1 Å². The van der Waals surface area contributed by atoms with E-state index >= 15 is 0 Å². The van der Waals surface area contributed by atoms with Crippen molar-refractivity contribution in [2.24, 2.45) is 0 Å². The highest BCUT2D eigenvalue weighted by Crippen LogP contribution is 2.13. The maximum Gasteiger partial charge on any atom is 0.119 e. The van der Waals surface area contributed by atoms with Crippen molar-refractivity contribution in [3.05, 3.63) is 30.3 Å². The van der Waals surface area contributed by atoms with Crippen molar-refractivity contribution >= 4 is 0 Å². The molecule has 1 heterocycles. The van der Waals surface area contributed by atoms with E-state index in [-0.39, 0.29) is 7.43 Å². The van der Waals surface area contributed by atoms with E-state index in [2.05, 4.69) is 0 Å². The van der Waals surface area contributed by atoms with Crippen LogP contribution in [0.3, 0.4) is 0 Å². The van der Waals surface area contributed by atoms with Crippen molar-refractivity contribution in [1.82, 2.24) is 0 Å². The molecule has 2 nitrogen and oxygen atoms in total. The molecule has 1 fully saturated rings. The number of epoxide rings is 1. The molecule has 0 aromatic heterocycles. The molecule has 0 radical (unpaired) electrons. The number of hydrogen-bond acceptors (Lipinski definition) is 2. The van der Waals surface area contributed by atoms with Crippen molar-refractivity contribution in [2.45, 2.75) is 27.4 Å². The fourth-order valence-corrected chi connectivity index (χ4v) is 0.870. The molecule has 2 rings (SSSR count). The Labute approximate surface area is 86.9 Å². The number of para-hydroxylation sites is 1. The quantitative estimate of drug-likeness (QED) is 0.693. The third-order valence-corrected chi connectivity index (χ3v) is 1.58. The van der Waals surface area contributed by atoms with Crippen LogP contribution in [0, 0.1) is 0 Å². The van der Waals surface area contributed by atoms with Gasteiger partial charge in [-0.2, -0.15) is 0 Å². The topological polar surface area (TPSA) is 21.8 Å².